The van der Waals surface area contributed by atoms with E-state index in [0.29, 0.717) is 12.1 Å². The molecule has 1 aliphatic carbocycles. The molecule has 0 fully saturated rings. The van der Waals surface area contributed by atoms with E-state index >= 15 is 0 Å². The van der Waals surface area contributed by atoms with Gasteiger partial charge >= 0.3 is 0 Å². The van der Waals surface area contributed by atoms with E-state index in [1.807, 2.05) is 36.4 Å². The van der Waals surface area contributed by atoms with Gasteiger partial charge < -0.3 is 5.32 Å². The average molecular weight is 386 g/mol. The molecule has 144 valence electrons. The highest BCUT2D eigenvalue weighted by atomic mass is 32.2. The number of nitrogens with zero attached hydrogens (tertiary/aromatic N) is 1. The summed E-state index contributed by atoms with van der Waals surface area (Å²) in [4.78, 5) is 4.31. The van der Waals surface area contributed by atoms with Crippen molar-refractivity contribution in [2.75, 3.05) is 22.3 Å². The van der Waals surface area contributed by atoms with Crippen LogP contribution in [0.4, 0.5) is 11.5 Å². The first kappa shape index (κ1) is 19.4. The van der Waals surface area contributed by atoms with Crippen LogP contribution in [0.15, 0.2) is 60.3 Å². The fourth-order valence-corrected chi connectivity index (χ4v) is 4.26. The summed E-state index contributed by atoms with van der Waals surface area (Å²) in [7, 11) is -3.40. The summed E-state index contributed by atoms with van der Waals surface area (Å²) in [5, 5.41) is 3.30. The molecule has 1 heterocycles. The summed E-state index contributed by atoms with van der Waals surface area (Å²) in [6, 6.07) is 13.2. The Morgan fingerprint density at radius 2 is 1.85 bits per heavy atom. The third-order valence-electron chi connectivity index (χ3n) is 4.68. The molecule has 0 unspecified atom stereocenters. The molecule has 1 aliphatic rings. The van der Waals surface area contributed by atoms with E-state index in [1.54, 1.807) is 12.3 Å². The van der Waals surface area contributed by atoms with E-state index in [-0.39, 0.29) is 5.75 Å². The van der Waals surface area contributed by atoms with Crippen molar-refractivity contribution in [3.8, 4) is 0 Å². The van der Waals surface area contributed by atoms with Crippen molar-refractivity contribution in [1.82, 2.24) is 4.98 Å². The number of rotatable bonds is 9. The molecular weight excluding hydrogens is 358 g/mol. The number of allylic oxidation sites excluding steroid dienone is 1. The van der Waals surface area contributed by atoms with E-state index in [1.165, 1.54) is 31.3 Å². The number of sulfonamides is 1. The molecule has 0 spiro atoms. The molecule has 0 atom stereocenters. The number of hydrogen-bond donors (Lipinski definition) is 2. The third-order valence-corrected chi connectivity index (χ3v) is 5.96. The topological polar surface area (TPSA) is 71.1 Å². The highest BCUT2D eigenvalue weighted by molar-refractivity contribution is 7.92. The van der Waals surface area contributed by atoms with Gasteiger partial charge in [-0.3, -0.25) is 4.72 Å². The smallest absolute Gasteiger partial charge is 0.233 e. The van der Waals surface area contributed by atoms with Gasteiger partial charge in [-0.25, -0.2) is 13.4 Å². The van der Waals surface area contributed by atoms with Gasteiger partial charge in [0.2, 0.25) is 10.0 Å². The first-order valence-corrected chi connectivity index (χ1v) is 11.2. The molecular formula is C21H27N3O2S. The van der Waals surface area contributed by atoms with Crippen LogP contribution in [0.3, 0.4) is 0 Å². The number of pyridine rings is 1. The highest BCUT2D eigenvalue weighted by Crippen LogP contribution is 2.20. The van der Waals surface area contributed by atoms with Gasteiger partial charge in [-0.15, -0.1) is 0 Å². The zero-order chi connectivity index (χ0) is 19.0. The first-order chi connectivity index (χ1) is 13.1. The van der Waals surface area contributed by atoms with E-state index in [9.17, 15) is 8.42 Å². The molecule has 0 bridgehead atoms. The quantitative estimate of drug-likeness (QED) is 0.629. The van der Waals surface area contributed by atoms with Crippen molar-refractivity contribution < 1.29 is 8.42 Å². The Morgan fingerprint density at radius 3 is 2.56 bits per heavy atom. The number of benzene rings is 1. The van der Waals surface area contributed by atoms with Crippen molar-refractivity contribution >= 4 is 21.5 Å². The summed E-state index contributed by atoms with van der Waals surface area (Å²) < 4.78 is 27.1. The van der Waals surface area contributed by atoms with Crippen molar-refractivity contribution in [1.29, 1.82) is 0 Å². The Morgan fingerprint density at radius 1 is 1.00 bits per heavy atom. The van der Waals surface area contributed by atoms with E-state index in [4.69, 9.17) is 0 Å². The molecule has 5 nitrogen and oxygen atoms in total. The SMILES string of the molecule is O=S(=O)(CCc1ccccc1)Nc1ccc(NCCC2=CCCCC2)nc1. The predicted molar refractivity (Wildman–Crippen MR) is 111 cm³/mol. The van der Waals surface area contributed by atoms with Crippen molar-refractivity contribution in [2.24, 2.45) is 0 Å². The Bertz CT molecular complexity index is 847. The van der Waals surface area contributed by atoms with Crippen LogP contribution in [0.5, 0.6) is 0 Å². The molecule has 2 N–H and O–H groups in total. The van der Waals surface area contributed by atoms with E-state index in [0.717, 1.165) is 24.3 Å². The molecule has 1 aromatic carbocycles. The second kappa shape index (κ2) is 9.55. The van der Waals surface area contributed by atoms with Crippen LogP contribution < -0.4 is 10.0 Å². The van der Waals surface area contributed by atoms with E-state index < -0.39 is 10.0 Å². The molecule has 0 saturated carbocycles. The highest BCUT2D eigenvalue weighted by Gasteiger charge is 2.11. The standard InChI is InChI=1S/C21H27N3O2S/c25-27(26,16-14-19-9-5-2-6-10-19)24-20-11-12-21(23-17-20)22-15-13-18-7-3-1-4-8-18/h2,5-7,9-12,17,24H,1,3-4,8,13-16H2,(H,22,23). The van der Waals surface area contributed by atoms with Gasteiger partial charge in [-0.05, 0) is 56.2 Å². The summed E-state index contributed by atoms with van der Waals surface area (Å²) in [6.07, 6.45) is 10.4. The maximum absolute atomic E-state index is 12.2. The van der Waals surface area contributed by atoms with Crippen LogP contribution in [0, 0.1) is 0 Å². The van der Waals surface area contributed by atoms with Gasteiger partial charge in [0.15, 0.2) is 0 Å². The molecule has 2 aromatic rings. The van der Waals surface area contributed by atoms with Gasteiger partial charge in [0.25, 0.3) is 0 Å². The number of nitrogens with one attached hydrogen (secondary N) is 2. The van der Waals surface area contributed by atoms with Gasteiger partial charge in [0.05, 0.1) is 17.6 Å². The molecule has 0 radical (unpaired) electrons. The third kappa shape index (κ3) is 6.71. The van der Waals surface area contributed by atoms with Crippen LogP contribution in [0.25, 0.3) is 0 Å². The lowest BCUT2D eigenvalue weighted by Gasteiger charge is -2.13. The second-order valence-electron chi connectivity index (χ2n) is 6.87. The minimum atomic E-state index is -3.40. The van der Waals surface area contributed by atoms with Crippen molar-refractivity contribution in [3.63, 3.8) is 0 Å². The molecule has 6 heteroatoms. The maximum atomic E-state index is 12.2. The molecule has 0 saturated heterocycles. The fourth-order valence-electron chi connectivity index (χ4n) is 3.17. The normalized spacial score (nSPS) is 14.4. The van der Waals surface area contributed by atoms with Crippen LogP contribution in [-0.4, -0.2) is 25.7 Å². The zero-order valence-electron chi connectivity index (χ0n) is 15.5. The molecule has 0 aliphatic heterocycles. The predicted octanol–water partition coefficient (Wildman–Crippen LogP) is 4.37. The van der Waals surface area contributed by atoms with Gasteiger partial charge in [-0.2, -0.15) is 0 Å². The van der Waals surface area contributed by atoms with Gasteiger partial charge in [0.1, 0.15) is 5.82 Å². The minimum Gasteiger partial charge on any atom is -0.370 e. The van der Waals surface area contributed by atoms with Crippen molar-refractivity contribution in [2.45, 2.75) is 38.5 Å². The Balaban J connectivity index is 1.45. The summed E-state index contributed by atoms with van der Waals surface area (Å²) >= 11 is 0. The number of anilines is 2. The summed E-state index contributed by atoms with van der Waals surface area (Å²) in [6.45, 7) is 0.848. The number of hydrogen-bond acceptors (Lipinski definition) is 4. The molecule has 3 rings (SSSR count). The average Bonchev–Trinajstić information content (AvgIpc) is 2.69. The van der Waals surface area contributed by atoms with Crippen LogP contribution in [0.2, 0.25) is 0 Å². The van der Waals surface area contributed by atoms with Gasteiger partial charge in [-0.1, -0.05) is 42.0 Å². The van der Waals surface area contributed by atoms with Gasteiger partial charge in [0, 0.05) is 6.54 Å². The first-order valence-electron chi connectivity index (χ1n) is 9.53. The number of aryl methyl sites for hydroxylation is 1. The Labute approximate surface area is 162 Å². The summed E-state index contributed by atoms with van der Waals surface area (Å²) in [5.74, 6) is 0.810. The number of aromatic nitrogens is 1. The molecule has 1 aromatic heterocycles. The monoisotopic (exact) mass is 385 g/mol. The van der Waals surface area contributed by atoms with Crippen LogP contribution in [0.1, 0.15) is 37.7 Å². The largest absolute Gasteiger partial charge is 0.370 e. The zero-order valence-corrected chi connectivity index (χ0v) is 16.3. The second-order valence-corrected chi connectivity index (χ2v) is 8.72. The Hall–Kier alpha value is -2.34. The summed E-state index contributed by atoms with van der Waals surface area (Å²) in [5.41, 5.74) is 3.02. The van der Waals surface area contributed by atoms with Crippen LogP contribution in [-0.2, 0) is 16.4 Å². The fraction of sp³-hybridized carbons (Fsp3) is 0.381. The van der Waals surface area contributed by atoms with Crippen molar-refractivity contribution in [3.05, 3.63) is 65.9 Å². The van der Waals surface area contributed by atoms with E-state index in [2.05, 4.69) is 21.1 Å². The lowest BCUT2D eigenvalue weighted by atomic mass is 9.97. The lowest BCUT2D eigenvalue weighted by Crippen LogP contribution is -2.18. The minimum absolute atomic E-state index is 0.0477. The van der Waals surface area contributed by atoms with Crippen LogP contribution >= 0.6 is 0 Å². The maximum Gasteiger partial charge on any atom is 0.233 e. The Kier molecular flexibility index (Phi) is 6.87. The molecule has 27 heavy (non-hydrogen) atoms. The lowest BCUT2D eigenvalue weighted by molar-refractivity contribution is 0.600. The molecule has 0 amide bonds.